The van der Waals surface area contributed by atoms with E-state index >= 15 is 0 Å². The highest BCUT2D eigenvalue weighted by atomic mass is 16.6. The smallest absolute Gasteiger partial charge is 0.310 e. The van der Waals surface area contributed by atoms with Crippen molar-refractivity contribution < 1.29 is 14.5 Å². The molecule has 0 aromatic heterocycles. The molecule has 5 heteroatoms. The monoisotopic (exact) mass is 299 g/mol. The summed E-state index contributed by atoms with van der Waals surface area (Å²) in [6.45, 7) is 1.87. The van der Waals surface area contributed by atoms with Crippen LogP contribution in [0, 0.1) is 10.1 Å². The van der Waals surface area contributed by atoms with Crippen LogP contribution < -0.4 is 4.74 Å². The summed E-state index contributed by atoms with van der Waals surface area (Å²) >= 11 is 0. The highest BCUT2D eigenvalue weighted by Crippen LogP contribution is 2.25. The number of carbonyl (C=O) groups excluding carboxylic acids is 1. The van der Waals surface area contributed by atoms with E-state index in [0.717, 1.165) is 12.8 Å². The van der Waals surface area contributed by atoms with Crippen LogP contribution >= 0.6 is 0 Å². The first-order valence-corrected chi connectivity index (χ1v) is 7.10. The zero-order chi connectivity index (χ0) is 15.9. The largest absolute Gasteiger partial charge is 0.478 e. The van der Waals surface area contributed by atoms with Crippen molar-refractivity contribution in [3.8, 4) is 5.75 Å². The lowest BCUT2D eigenvalue weighted by atomic mass is 10.1. The first-order valence-electron chi connectivity index (χ1n) is 7.10. The van der Waals surface area contributed by atoms with E-state index in [4.69, 9.17) is 4.74 Å². The van der Waals surface area contributed by atoms with Crippen LogP contribution in [-0.4, -0.2) is 17.3 Å². The zero-order valence-electron chi connectivity index (χ0n) is 12.3. The Morgan fingerprint density at radius 2 is 1.82 bits per heavy atom. The molecule has 0 saturated heterocycles. The number of nitro groups is 1. The van der Waals surface area contributed by atoms with Gasteiger partial charge in [-0.2, -0.15) is 0 Å². The van der Waals surface area contributed by atoms with Crippen LogP contribution in [0.5, 0.6) is 5.75 Å². The summed E-state index contributed by atoms with van der Waals surface area (Å²) in [4.78, 5) is 22.4. The van der Waals surface area contributed by atoms with Crippen LogP contribution in [-0.2, 0) is 6.42 Å². The molecule has 0 aliphatic carbocycles. The van der Waals surface area contributed by atoms with Gasteiger partial charge < -0.3 is 4.74 Å². The van der Waals surface area contributed by atoms with Crippen LogP contribution in [0.4, 0.5) is 5.69 Å². The summed E-state index contributed by atoms with van der Waals surface area (Å²) in [5.41, 5.74) is 1.57. The molecule has 0 spiro atoms. The van der Waals surface area contributed by atoms with Crippen LogP contribution in [0.25, 0.3) is 0 Å². The van der Waals surface area contributed by atoms with E-state index in [9.17, 15) is 14.9 Å². The summed E-state index contributed by atoms with van der Waals surface area (Å²) in [6, 6.07) is 13.4. The summed E-state index contributed by atoms with van der Waals surface area (Å²) in [5, 5.41) is 10.9. The normalized spacial score (nSPS) is 10.2. The quantitative estimate of drug-likeness (QED) is 0.443. The zero-order valence-corrected chi connectivity index (χ0v) is 12.3. The summed E-state index contributed by atoms with van der Waals surface area (Å²) < 4.78 is 5.30. The van der Waals surface area contributed by atoms with Gasteiger partial charge in [-0.25, -0.2) is 0 Å². The number of benzene rings is 2. The molecule has 0 aliphatic heterocycles. The Labute approximate surface area is 128 Å². The predicted molar refractivity (Wildman–Crippen MR) is 83.4 cm³/mol. The first-order chi connectivity index (χ1) is 10.6. The Morgan fingerprint density at radius 1 is 1.14 bits per heavy atom. The van der Waals surface area contributed by atoms with Crippen molar-refractivity contribution in [1.29, 1.82) is 0 Å². The van der Waals surface area contributed by atoms with E-state index in [1.807, 2.05) is 12.1 Å². The highest BCUT2D eigenvalue weighted by Gasteiger charge is 2.15. The third-order valence-corrected chi connectivity index (χ3v) is 3.24. The second kappa shape index (κ2) is 7.36. The molecule has 22 heavy (non-hydrogen) atoms. The molecular formula is C17H17NO4. The summed E-state index contributed by atoms with van der Waals surface area (Å²) in [6.07, 6.45) is 2.02. The second-order valence-electron chi connectivity index (χ2n) is 4.88. The lowest BCUT2D eigenvalue weighted by Gasteiger charge is -2.06. The summed E-state index contributed by atoms with van der Waals surface area (Å²) in [5.74, 6) is -0.107. The minimum atomic E-state index is -0.528. The average molecular weight is 299 g/mol. The number of rotatable bonds is 7. The number of hydrogen-bond donors (Lipinski definition) is 0. The molecule has 0 saturated carbocycles. The Hall–Kier alpha value is -2.69. The van der Waals surface area contributed by atoms with Gasteiger partial charge in [0, 0.05) is 11.6 Å². The predicted octanol–water partition coefficient (Wildman–Crippen LogP) is 3.81. The molecule has 0 aliphatic rings. The van der Waals surface area contributed by atoms with Gasteiger partial charge in [0.25, 0.3) is 0 Å². The average Bonchev–Trinajstić information content (AvgIpc) is 2.54. The fourth-order valence-corrected chi connectivity index (χ4v) is 2.10. The van der Waals surface area contributed by atoms with Gasteiger partial charge >= 0.3 is 5.69 Å². The number of ether oxygens (including phenoxy) is 1. The molecule has 5 nitrogen and oxygen atoms in total. The van der Waals surface area contributed by atoms with E-state index in [2.05, 4.69) is 6.92 Å². The van der Waals surface area contributed by atoms with Gasteiger partial charge in [-0.3, -0.25) is 14.9 Å². The van der Waals surface area contributed by atoms with Crippen molar-refractivity contribution in [1.82, 2.24) is 0 Å². The number of ketones is 1. The number of nitrogens with zero attached hydrogens (tertiary/aromatic N) is 1. The van der Waals surface area contributed by atoms with Gasteiger partial charge in [0.2, 0.25) is 0 Å². The van der Waals surface area contributed by atoms with Crippen molar-refractivity contribution in [3.05, 3.63) is 69.8 Å². The minimum Gasteiger partial charge on any atom is -0.478 e. The maximum absolute atomic E-state index is 12.1. The van der Waals surface area contributed by atoms with E-state index < -0.39 is 4.92 Å². The Bertz CT molecular complexity index is 665. The van der Waals surface area contributed by atoms with E-state index in [1.165, 1.54) is 17.7 Å². The van der Waals surface area contributed by atoms with Crippen molar-refractivity contribution in [2.24, 2.45) is 0 Å². The Morgan fingerprint density at radius 3 is 2.45 bits per heavy atom. The van der Waals surface area contributed by atoms with E-state index in [-0.39, 0.29) is 23.8 Å². The van der Waals surface area contributed by atoms with Crippen LogP contribution in [0.15, 0.2) is 48.5 Å². The number of Topliss-reactive ketones (excluding diaryl/α,β-unsaturated/α-hetero) is 1. The molecule has 2 aromatic rings. The fraction of sp³-hybridized carbons (Fsp3) is 0.235. The molecule has 2 aromatic carbocycles. The van der Waals surface area contributed by atoms with Gasteiger partial charge in [-0.1, -0.05) is 49.7 Å². The fourth-order valence-electron chi connectivity index (χ4n) is 2.10. The Kier molecular flexibility index (Phi) is 5.25. The van der Waals surface area contributed by atoms with Crippen molar-refractivity contribution in [2.45, 2.75) is 19.8 Å². The van der Waals surface area contributed by atoms with Gasteiger partial charge in [0.1, 0.15) is 0 Å². The van der Waals surface area contributed by atoms with Gasteiger partial charge in [0.05, 0.1) is 4.92 Å². The lowest BCUT2D eigenvalue weighted by Crippen LogP contribution is -2.12. The number of aryl methyl sites for hydroxylation is 1. The maximum atomic E-state index is 12.1. The standard InChI is InChI=1S/C17H17NO4/c1-2-5-13-8-10-14(11-9-13)16(19)12-22-17-7-4-3-6-15(17)18(20)21/h3-4,6-11H,2,5,12H2,1H3. The maximum Gasteiger partial charge on any atom is 0.310 e. The van der Waals surface area contributed by atoms with Gasteiger partial charge in [-0.05, 0) is 18.1 Å². The molecule has 0 N–H and O–H groups in total. The lowest BCUT2D eigenvalue weighted by molar-refractivity contribution is -0.385. The molecular weight excluding hydrogens is 282 g/mol. The molecule has 0 bridgehead atoms. The number of nitro benzene ring substituents is 1. The van der Waals surface area contributed by atoms with Gasteiger partial charge in [0.15, 0.2) is 18.1 Å². The van der Waals surface area contributed by atoms with Crippen LogP contribution in [0.2, 0.25) is 0 Å². The van der Waals surface area contributed by atoms with Crippen molar-refractivity contribution >= 4 is 11.5 Å². The third-order valence-electron chi connectivity index (χ3n) is 3.24. The number of carbonyl (C=O) groups is 1. The van der Waals surface area contributed by atoms with E-state index in [1.54, 1.807) is 24.3 Å². The summed E-state index contributed by atoms with van der Waals surface area (Å²) in [7, 11) is 0. The number of hydrogen-bond acceptors (Lipinski definition) is 4. The number of para-hydroxylation sites is 2. The third kappa shape index (κ3) is 3.91. The van der Waals surface area contributed by atoms with Crippen LogP contribution in [0.3, 0.4) is 0 Å². The molecule has 0 heterocycles. The molecule has 2 rings (SSSR count). The highest BCUT2D eigenvalue weighted by molar-refractivity contribution is 5.97. The minimum absolute atomic E-state index is 0.100. The van der Waals surface area contributed by atoms with Crippen molar-refractivity contribution in [3.63, 3.8) is 0 Å². The van der Waals surface area contributed by atoms with E-state index in [0.29, 0.717) is 5.56 Å². The second-order valence-corrected chi connectivity index (χ2v) is 4.88. The van der Waals surface area contributed by atoms with Crippen LogP contribution in [0.1, 0.15) is 29.3 Å². The molecule has 0 atom stereocenters. The molecule has 0 unspecified atom stereocenters. The van der Waals surface area contributed by atoms with Crippen molar-refractivity contribution in [2.75, 3.05) is 6.61 Å². The molecule has 0 fully saturated rings. The Balaban J connectivity index is 2.02. The molecule has 0 amide bonds. The van der Waals surface area contributed by atoms with Gasteiger partial charge in [-0.15, -0.1) is 0 Å². The molecule has 114 valence electrons. The first kappa shape index (κ1) is 15.7. The topological polar surface area (TPSA) is 69.4 Å². The SMILES string of the molecule is CCCc1ccc(C(=O)COc2ccccc2[N+](=O)[O-])cc1. The molecule has 0 radical (unpaired) electrons.